The van der Waals surface area contributed by atoms with Crippen LogP contribution >= 0.6 is 0 Å². The lowest BCUT2D eigenvalue weighted by Crippen LogP contribution is -2.55. The molecule has 3 N–H and O–H groups in total. The van der Waals surface area contributed by atoms with Gasteiger partial charge in [0.15, 0.2) is 11.9 Å². The van der Waals surface area contributed by atoms with E-state index < -0.39 is 60.6 Å². The Morgan fingerprint density at radius 2 is 1.85 bits per heavy atom. The van der Waals surface area contributed by atoms with Gasteiger partial charge in [0.2, 0.25) is 6.10 Å². The number of carbonyl (C=O) groups excluding carboxylic acids is 4. The number of Topliss-reactive ketones (excluding diaryl/α,β-unsaturated/α-hetero) is 1. The fourth-order valence-corrected chi connectivity index (χ4v) is 5.14. The first-order valence-electron chi connectivity index (χ1n) is 12.9. The van der Waals surface area contributed by atoms with E-state index in [2.05, 4.69) is 15.0 Å². The summed E-state index contributed by atoms with van der Waals surface area (Å²) < 4.78 is 20.5. The third-order valence-corrected chi connectivity index (χ3v) is 6.96. The number of nitrogens with zero attached hydrogens (tertiary/aromatic N) is 1. The van der Waals surface area contributed by atoms with Crippen molar-refractivity contribution in [2.24, 2.45) is 5.92 Å². The minimum atomic E-state index is -2.66. The number of fused-ring (bicyclic) bond motifs is 2. The molecule has 1 aromatic carbocycles. The number of aliphatic hydroxyl groups excluding tert-OH is 1. The van der Waals surface area contributed by atoms with Gasteiger partial charge in [-0.05, 0) is 37.2 Å². The summed E-state index contributed by atoms with van der Waals surface area (Å²) >= 11 is 0. The van der Waals surface area contributed by atoms with Crippen LogP contribution in [0.25, 0.3) is 11.3 Å². The summed E-state index contributed by atoms with van der Waals surface area (Å²) in [5.41, 5.74) is 1.49. The molecule has 2 aliphatic heterocycles. The lowest BCUT2D eigenvalue weighted by molar-refractivity contribution is -0.170. The summed E-state index contributed by atoms with van der Waals surface area (Å²) in [5, 5.41) is 13.0. The van der Waals surface area contributed by atoms with Crippen molar-refractivity contribution in [1.82, 2.24) is 10.3 Å². The van der Waals surface area contributed by atoms with Crippen LogP contribution in [0.4, 0.5) is 0 Å². The molecule has 1 aromatic heterocycles. The number of esters is 1. The molecule has 39 heavy (non-hydrogen) atoms. The SMILES string of the molecule is COC(=O)[C@@H]1[OH+][B-]2([C@@H](CC(=O)[C@@H](NC(=O)c3cccc(-c4ccccc4)n3)[C@@H](C)O)CC(C)C)OC(=O)[C@@H]1O2. The molecular weight excluding hydrogens is 507 g/mol. The van der Waals surface area contributed by atoms with Crippen molar-refractivity contribution in [3.8, 4) is 11.3 Å². The summed E-state index contributed by atoms with van der Waals surface area (Å²) in [5.74, 6) is -3.24. The van der Waals surface area contributed by atoms with Gasteiger partial charge in [-0.2, -0.15) is 0 Å². The van der Waals surface area contributed by atoms with Gasteiger partial charge in [0.1, 0.15) is 11.7 Å². The van der Waals surface area contributed by atoms with Gasteiger partial charge in [0, 0.05) is 5.56 Å². The maximum Gasteiger partial charge on any atom is 0.630 e. The van der Waals surface area contributed by atoms with Gasteiger partial charge in [-0.25, -0.2) is 9.78 Å². The molecule has 4 rings (SSSR count). The lowest BCUT2D eigenvalue weighted by Gasteiger charge is -2.36. The molecule has 6 atom stereocenters. The quantitative estimate of drug-likeness (QED) is 0.246. The van der Waals surface area contributed by atoms with Crippen molar-refractivity contribution in [1.29, 1.82) is 0 Å². The molecule has 0 aliphatic carbocycles. The van der Waals surface area contributed by atoms with Crippen LogP contribution in [0.5, 0.6) is 0 Å². The molecular formula is C27H33BN2O9. The number of ketones is 1. The van der Waals surface area contributed by atoms with E-state index in [9.17, 15) is 24.3 Å². The Balaban J connectivity index is 1.52. The number of methoxy groups -OCH3 is 1. The average molecular weight is 540 g/mol. The third-order valence-electron chi connectivity index (χ3n) is 6.96. The van der Waals surface area contributed by atoms with Crippen molar-refractivity contribution in [3.63, 3.8) is 0 Å². The molecule has 2 bridgehead atoms. The van der Waals surface area contributed by atoms with Crippen LogP contribution in [0.1, 0.15) is 44.1 Å². The van der Waals surface area contributed by atoms with Crippen LogP contribution in [0.15, 0.2) is 48.5 Å². The van der Waals surface area contributed by atoms with E-state index in [1.165, 1.54) is 20.1 Å². The summed E-state index contributed by atoms with van der Waals surface area (Å²) in [7, 11) is 1.18. The second kappa shape index (κ2) is 11.6. The van der Waals surface area contributed by atoms with Crippen LogP contribution < -0.4 is 5.32 Å². The molecule has 2 aromatic rings. The molecule has 3 heterocycles. The number of aromatic nitrogens is 1. The number of benzene rings is 1. The van der Waals surface area contributed by atoms with Crippen LogP contribution in [0.2, 0.25) is 5.82 Å². The van der Waals surface area contributed by atoms with Gasteiger partial charge in [-0.1, -0.05) is 56.7 Å². The minimum absolute atomic E-state index is 0.0531. The Morgan fingerprint density at radius 3 is 2.49 bits per heavy atom. The standard InChI is InChI=1S/C27H33BN2O9/c1-15(2)13-18(28-37-23(26(34)36-4)24(38-28)27(35)39-28)14-21(32)22(16(3)31)30-25(33)20-12-8-11-19(29-20)17-9-6-5-7-10-17/h5-12,15-16,18,22-24,31,37H,13-14H2,1-4H3,(H,30,33)/t16-,18-,22+,23-,24-,28?/m1/s1. The number of pyridine rings is 1. The normalized spacial score (nSPS) is 24.1. The van der Waals surface area contributed by atoms with E-state index in [1.807, 2.05) is 44.2 Å². The third kappa shape index (κ3) is 6.03. The number of hydrogen-bond donors (Lipinski definition) is 2. The number of nitrogens with one attached hydrogen (secondary N) is 1. The molecule has 2 aliphatic rings. The van der Waals surface area contributed by atoms with Crippen LogP contribution in [-0.4, -0.2) is 76.6 Å². The number of rotatable bonds is 11. The van der Waals surface area contributed by atoms with Crippen LogP contribution in [-0.2, 0) is 28.4 Å². The van der Waals surface area contributed by atoms with Gasteiger partial charge < -0.3 is 29.1 Å². The molecule has 0 saturated carbocycles. The molecule has 1 unspecified atom stereocenters. The second-order valence-corrected chi connectivity index (χ2v) is 10.4. The Bertz CT molecular complexity index is 1240. The molecule has 2 fully saturated rings. The first kappa shape index (κ1) is 28.4. The topological polar surface area (TPSA) is 154 Å². The summed E-state index contributed by atoms with van der Waals surface area (Å²) in [6, 6.07) is 13.0. The van der Waals surface area contributed by atoms with E-state index >= 15 is 0 Å². The molecule has 208 valence electrons. The van der Waals surface area contributed by atoms with Crippen molar-refractivity contribution < 1.29 is 43.0 Å². The highest BCUT2D eigenvalue weighted by molar-refractivity contribution is 6.66. The molecule has 2 saturated heterocycles. The highest BCUT2D eigenvalue weighted by atomic mass is 16.8. The van der Waals surface area contributed by atoms with E-state index in [0.717, 1.165) is 5.56 Å². The number of hydrogen-bond acceptors (Lipinski definition) is 9. The smallest absolute Gasteiger partial charge is 0.608 e. The van der Waals surface area contributed by atoms with Gasteiger partial charge >= 0.3 is 12.7 Å². The van der Waals surface area contributed by atoms with E-state index in [0.29, 0.717) is 12.1 Å². The number of amides is 1. The summed E-state index contributed by atoms with van der Waals surface area (Å²) in [6.45, 7) is 2.58. The van der Waals surface area contributed by atoms with Crippen molar-refractivity contribution >= 4 is 30.4 Å². The van der Waals surface area contributed by atoms with Crippen LogP contribution in [0.3, 0.4) is 0 Å². The molecule has 12 heteroatoms. The largest absolute Gasteiger partial charge is 0.630 e. The van der Waals surface area contributed by atoms with Gasteiger partial charge in [-0.15, -0.1) is 0 Å². The molecule has 1 amide bonds. The van der Waals surface area contributed by atoms with E-state index in [1.54, 1.807) is 12.1 Å². The zero-order valence-electron chi connectivity index (χ0n) is 22.3. The number of aliphatic hydroxyl groups is 2. The van der Waals surface area contributed by atoms with Gasteiger partial charge in [0.25, 0.3) is 11.9 Å². The fraction of sp³-hybridized carbons (Fsp3) is 0.444. The van der Waals surface area contributed by atoms with Crippen molar-refractivity contribution in [2.45, 2.75) is 63.8 Å². The van der Waals surface area contributed by atoms with Crippen LogP contribution in [0, 0.1) is 5.92 Å². The van der Waals surface area contributed by atoms with E-state index in [-0.39, 0.29) is 18.0 Å². The fourth-order valence-electron chi connectivity index (χ4n) is 5.14. The lowest BCUT2D eigenvalue weighted by atomic mass is 9.58. The monoisotopic (exact) mass is 540 g/mol. The average Bonchev–Trinajstić information content (AvgIpc) is 3.47. The maximum atomic E-state index is 13.5. The molecule has 0 radical (unpaired) electrons. The predicted molar refractivity (Wildman–Crippen MR) is 140 cm³/mol. The molecule has 0 spiro atoms. The first-order valence-corrected chi connectivity index (χ1v) is 12.9. The van der Waals surface area contributed by atoms with Gasteiger partial charge in [0.05, 0.1) is 18.9 Å². The summed E-state index contributed by atoms with van der Waals surface area (Å²) in [4.78, 5) is 55.6. The zero-order valence-corrected chi connectivity index (χ0v) is 22.3. The minimum Gasteiger partial charge on any atom is -0.608 e. The van der Waals surface area contributed by atoms with Crippen molar-refractivity contribution in [2.75, 3.05) is 7.11 Å². The first-order chi connectivity index (χ1) is 18.5. The maximum absolute atomic E-state index is 13.5. The number of ether oxygens (including phenoxy) is 1. The highest BCUT2D eigenvalue weighted by Crippen LogP contribution is 2.44. The Kier molecular flexibility index (Phi) is 8.48. The Morgan fingerprint density at radius 1 is 1.13 bits per heavy atom. The highest BCUT2D eigenvalue weighted by Gasteiger charge is 2.69. The van der Waals surface area contributed by atoms with Crippen molar-refractivity contribution in [3.05, 3.63) is 54.2 Å². The molecule has 11 nitrogen and oxygen atoms in total. The second-order valence-electron chi connectivity index (χ2n) is 10.4. The van der Waals surface area contributed by atoms with E-state index in [4.69, 9.17) is 14.0 Å². The Hall–Kier alpha value is -3.61. The Labute approximate surface area is 226 Å². The van der Waals surface area contributed by atoms with Gasteiger partial charge in [-0.3, -0.25) is 14.4 Å². The zero-order chi connectivity index (χ0) is 28.3. The number of carbonyl (C=O) groups is 4. The summed E-state index contributed by atoms with van der Waals surface area (Å²) in [6.07, 6.45) is -3.46. The predicted octanol–water partition coefficient (Wildman–Crippen LogP) is 1.57.